The Morgan fingerprint density at radius 1 is 0.920 bits per heavy atom. The lowest BCUT2D eigenvalue weighted by atomic mass is 10.2. The van der Waals surface area contributed by atoms with Crippen LogP contribution < -0.4 is 24.3 Å². The van der Waals surface area contributed by atoms with Crippen molar-refractivity contribution in [1.29, 1.82) is 0 Å². The van der Waals surface area contributed by atoms with Crippen molar-refractivity contribution in [3.63, 3.8) is 0 Å². The number of hydrogen-bond acceptors (Lipinski definition) is 5. The molecule has 0 atom stereocenters. The van der Waals surface area contributed by atoms with E-state index in [9.17, 15) is 4.79 Å². The maximum atomic E-state index is 11.8. The molecule has 0 unspecified atom stereocenters. The third-order valence-corrected chi connectivity index (χ3v) is 3.38. The Labute approximate surface area is 147 Å². The van der Waals surface area contributed by atoms with E-state index < -0.39 is 0 Å². The Morgan fingerprint density at radius 2 is 1.60 bits per heavy atom. The molecule has 0 spiro atoms. The summed E-state index contributed by atoms with van der Waals surface area (Å²) in [5.74, 6) is 2.26. The minimum Gasteiger partial charge on any atom is -0.496 e. The second-order valence-electron chi connectivity index (χ2n) is 5.35. The van der Waals surface area contributed by atoms with Gasteiger partial charge in [0.1, 0.15) is 29.6 Å². The maximum absolute atomic E-state index is 11.8. The third-order valence-electron chi connectivity index (χ3n) is 3.38. The van der Waals surface area contributed by atoms with Crippen molar-refractivity contribution in [2.24, 2.45) is 0 Å². The van der Waals surface area contributed by atoms with Crippen LogP contribution in [0.2, 0.25) is 0 Å². The quantitative estimate of drug-likeness (QED) is 0.708. The van der Waals surface area contributed by atoms with Crippen molar-refractivity contribution in [3.05, 3.63) is 48.0 Å². The van der Waals surface area contributed by atoms with Crippen LogP contribution in [-0.2, 0) is 4.79 Å². The number of amides is 1. The SMILES string of the molecule is COc1cc(OC)cc(OCC(=O)NCCOc2cccc(C)c2)c1. The molecular weight excluding hydrogens is 322 g/mol. The molecule has 0 saturated heterocycles. The van der Waals surface area contributed by atoms with Gasteiger partial charge in [0, 0.05) is 18.2 Å². The highest BCUT2D eigenvalue weighted by Gasteiger charge is 2.06. The number of methoxy groups -OCH3 is 2. The number of ether oxygens (including phenoxy) is 4. The molecule has 134 valence electrons. The second kappa shape index (κ2) is 9.42. The molecule has 0 aliphatic heterocycles. The Balaban J connectivity index is 1.72. The zero-order chi connectivity index (χ0) is 18.1. The van der Waals surface area contributed by atoms with E-state index >= 15 is 0 Å². The molecule has 0 aromatic heterocycles. The fraction of sp³-hybridized carbons (Fsp3) is 0.316. The van der Waals surface area contributed by atoms with Crippen LogP contribution in [-0.4, -0.2) is 39.9 Å². The number of aryl methyl sites for hydroxylation is 1. The summed E-state index contributed by atoms with van der Waals surface area (Å²) in [5.41, 5.74) is 1.13. The van der Waals surface area contributed by atoms with Gasteiger partial charge in [-0.3, -0.25) is 4.79 Å². The van der Waals surface area contributed by atoms with Crippen molar-refractivity contribution < 1.29 is 23.7 Å². The molecule has 0 aliphatic rings. The number of benzene rings is 2. The van der Waals surface area contributed by atoms with Crippen molar-refractivity contribution in [3.8, 4) is 23.0 Å². The number of nitrogens with one attached hydrogen (secondary N) is 1. The highest BCUT2D eigenvalue weighted by atomic mass is 16.5. The maximum Gasteiger partial charge on any atom is 0.258 e. The number of hydrogen-bond donors (Lipinski definition) is 1. The van der Waals surface area contributed by atoms with Crippen molar-refractivity contribution in [1.82, 2.24) is 5.32 Å². The first-order valence-electron chi connectivity index (χ1n) is 7.92. The number of carbonyl (C=O) groups excluding carboxylic acids is 1. The van der Waals surface area contributed by atoms with E-state index in [0.29, 0.717) is 30.4 Å². The third kappa shape index (κ3) is 6.25. The molecule has 0 fully saturated rings. The summed E-state index contributed by atoms with van der Waals surface area (Å²) in [6.07, 6.45) is 0. The Hall–Kier alpha value is -2.89. The van der Waals surface area contributed by atoms with Crippen molar-refractivity contribution >= 4 is 5.91 Å². The van der Waals surface area contributed by atoms with Crippen LogP contribution in [0, 0.1) is 6.92 Å². The smallest absolute Gasteiger partial charge is 0.258 e. The first kappa shape index (κ1) is 18.4. The largest absolute Gasteiger partial charge is 0.496 e. The molecule has 1 N–H and O–H groups in total. The molecule has 2 aromatic carbocycles. The lowest BCUT2D eigenvalue weighted by Crippen LogP contribution is -2.32. The molecule has 0 saturated carbocycles. The summed E-state index contributed by atoms with van der Waals surface area (Å²) >= 11 is 0. The second-order valence-corrected chi connectivity index (χ2v) is 5.35. The fourth-order valence-corrected chi connectivity index (χ4v) is 2.13. The van der Waals surface area contributed by atoms with Crippen molar-refractivity contribution in [2.75, 3.05) is 34.0 Å². The van der Waals surface area contributed by atoms with Crippen LogP contribution in [0.3, 0.4) is 0 Å². The van der Waals surface area contributed by atoms with E-state index in [1.807, 2.05) is 31.2 Å². The number of carbonyl (C=O) groups is 1. The Bertz CT molecular complexity index is 680. The minimum atomic E-state index is -0.227. The molecule has 0 aliphatic carbocycles. The van der Waals surface area contributed by atoms with Gasteiger partial charge in [0.15, 0.2) is 6.61 Å². The lowest BCUT2D eigenvalue weighted by molar-refractivity contribution is -0.123. The lowest BCUT2D eigenvalue weighted by Gasteiger charge is -2.11. The zero-order valence-corrected chi connectivity index (χ0v) is 14.7. The molecule has 25 heavy (non-hydrogen) atoms. The first-order chi connectivity index (χ1) is 12.1. The van der Waals surface area contributed by atoms with Gasteiger partial charge in [0.2, 0.25) is 0 Å². The summed E-state index contributed by atoms with van der Waals surface area (Å²) in [4.78, 5) is 11.8. The Kier molecular flexibility index (Phi) is 6.95. The normalized spacial score (nSPS) is 10.0. The van der Waals surface area contributed by atoms with E-state index in [1.54, 1.807) is 32.4 Å². The van der Waals surface area contributed by atoms with Gasteiger partial charge in [0.05, 0.1) is 20.8 Å². The Morgan fingerprint density at radius 3 is 2.24 bits per heavy atom. The summed E-state index contributed by atoms with van der Waals surface area (Å²) in [6, 6.07) is 12.9. The van der Waals surface area contributed by atoms with E-state index in [0.717, 1.165) is 11.3 Å². The highest BCUT2D eigenvalue weighted by molar-refractivity contribution is 5.77. The molecule has 6 heteroatoms. The number of rotatable bonds is 9. The predicted octanol–water partition coefficient (Wildman–Crippen LogP) is 2.59. The molecule has 0 radical (unpaired) electrons. The van der Waals surface area contributed by atoms with Crippen LogP contribution >= 0.6 is 0 Å². The van der Waals surface area contributed by atoms with E-state index in [4.69, 9.17) is 18.9 Å². The summed E-state index contributed by atoms with van der Waals surface area (Å²) in [7, 11) is 3.11. The van der Waals surface area contributed by atoms with Crippen LogP contribution in [0.25, 0.3) is 0 Å². The fourth-order valence-electron chi connectivity index (χ4n) is 2.13. The molecule has 0 bridgehead atoms. The van der Waals surface area contributed by atoms with E-state index in [2.05, 4.69) is 5.32 Å². The monoisotopic (exact) mass is 345 g/mol. The standard InChI is InChI=1S/C19H23NO5/c1-14-5-4-6-15(9-14)24-8-7-20-19(21)13-25-18-11-16(22-2)10-17(12-18)23-3/h4-6,9-12H,7-8,13H2,1-3H3,(H,20,21). The predicted molar refractivity (Wildman–Crippen MR) is 94.7 cm³/mol. The molecule has 1 amide bonds. The van der Waals surface area contributed by atoms with Gasteiger partial charge in [-0.1, -0.05) is 12.1 Å². The van der Waals surface area contributed by atoms with Crippen molar-refractivity contribution in [2.45, 2.75) is 6.92 Å². The van der Waals surface area contributed by atoms with Gasteiger partial charge in [-0.15, -0.1) is 0 Å². The van der Waals surface area contributed by atoms with E-state index in [-0.39, 0.29) is 12.5 Å². The average molecular weight is 345 g/mol. The molecule has 2 aromatic rings. The van der Waals surface area contributed by atoms with Gasteiger partial charge < -0.3 is 24.3 Å². The zero-order valence-electron chi connectivity index (χ0n) is 14.7. The average Bonchev–Trinajstić information content (AvgIpc) is 2.63. The van der Waals surface area contributed by atoms with Crippen LogP contribution in [0.1, 0.15) is 5.56 Å². The van der Waals surface area contributed by atoms with Crippen LogP contribution in [0.4, 0.5) is 0 Å². The molecule has 6 nitrogen and oxygen atoms in total. The van der Waals surface area contributed by atoms with Gasteiger partial charge in [-0.05, 0) is 24.6 Å². The van der Waals surface area contributed by atoms with Crippen LogP contribution in [0.15, 0.2) is 42.5 Å². The van der Waals surface area contributed by atoms with Crippen LogP contribution in [0.5, 0.6) is 23.0 Å². The topological polar surface area (TPSA) is 66.0 Å². The van der Waals surface area contributed by atoms with Gasteiger partial charge >= 0.3 is 0 Å². The summed E-state index contributed by atoms with van der Waals surface area (Å²) in [6.45, 7) is 2.69. The summed E-state index contributed by atoms with van der Waals surface area (Å²) in [5, 5.41) is 2.74. The van der Waals surface area contributed by atoms with E-state index in [1.165, 1.54) is 0 Å². The van der Waals surface area contributed by atoms with Gasteiger partial charge in [-0.25, -0.2) is 0 Å². The first-order valence-corrected chi connectivity index (χ1v) is 7.92. The molecule has 2 rings (SSSR count). The molecule has 0 heterocycles. The summed E-state index contributed by atoms with van der Waals surface area (Å²) < 4.78 is 21.4. The molecular formula is C19H23NO5. The van der Waals surface area contributed by atoms with Gasteiger partial charge in [0.25, 0.3) is 5.91 Å². The minimum absolute atomic E-state index is 0.0965. The highest BCUT2D eigenvalue weighted by Crippen LogP contribution is 2.27. The van der Waals surface area contributed by atoms with Gasteiger partial charge in [-0.2, -0.15) is 0 Å².